The maximum Gasteiger partial charge on any atom is 0.405 e. The van der Waals surface area contributed by atoms with Crippen LogP contribution in [0, 0.1) is 11.6 Å². The van der Waals surface area contributed by atoms with Gasteiger partial charge in [0, 0.05) is 48.9 Å². The molecule has 2 aromatic carbocycles. The minimum absolute atomic E-state index is 0.0304. The second-order valence-electron chi connectivity index (χ2n) is 11.4. The first-order valence-electron chi connectivity index (χ1n) is 14.6. The summed E-state index contributed by atoms with van der Waals surface area (Å²) in [6.07, 6.45) is 0.0701. The molecule has 5 atom stereocenters. The number of nitrogens with one attached hydrogen (secondary N) is 3. The first-order valence-corrected chi connectivity index (χ1v) is 16.2. The van der Waals surface area contributed by atoms with Crippen molar-refractivity contribution < 1.29 is 41.0 Å². The second kappa shape index (κ2) is 14.7. The maximum atomic E-state index is 15.3. The van der Waals surface area contributed by atoms with Gasteiger partial charge in [-0.05, 0) is 68.4 Å². The highest BCUT2D eigenvalue weighted by Gasteiger charge is 2.46. The molecule has 242 valence electrons. The molecule has 0 saturated carbocycles. The lowest BCUT2D eigenvalue weighted by atomic mass is 9.71. The molecular weight excluding hydrogens is 601 g/mol. The van der Waals surface area contributed by atoms with Crippen LogP contribution in [0.3, 0.4) is 0 Å². The van der Waals surface area contributed by atoms with Gasteiger partial charge in [0.2, 0.25) is 15.9 Å². The van der Waals surface area contributed by atoms with Gasteiger partial charge in [-0.3, -0.25) is 9.18 Å². The number of benzene rings is 2. The van der Waals surface area contributed by atoms with Gasteiger partial charge in [-0.15, -0.1) is 0 Å². The number of fused-ring (bicyclic) bond motifs is 2. The zero-order valence-electron chi connectivity index (χ0n) is 24.5. The average molecular weight is 641 g/mol. The molecule has 2 saturated heterocycles. The molecule has 14 heteroatoms. The molecule has 4 rings (SSSR count). The standard InChI is InChI=1S/C30H39F3N4O6S/c1-43-19-30(14-4-15-31,20-8-10-21(32)11-9-20)27(36-29(39)40)28(38)35-26-7-2-6-25(33)24(26)13-12-23-17-34-22-5-3-16-44(41,42)37(23)18-22/h2,6-11,22-23,27,34,36H,3-5,12-19H2,1H3,(H,35,38)(H,39,40)/t22?,23-,27+,30?/m0/s1. The van der Waals surface area contributed by atoms with Gasteiger partial charge in [-0.1, -0.05) is 18.2 Å². The Morgan fingerprint density at radius 2 is 1.95 bits per heavy atom. The van der Waals surface area contributed by atoms with Crippen LogP contribution in [-0.2, 0) is 31.4 Å². The first-order chi connectivity index (χ1) is 21.0. The van der Waals surface area contributed by atoms with Crippen molar-refractivity contribution in [3.63, 3.8) is 0 Å². The van der Waals surface area contributed by atoms with E-state index >= 15 is 4.39 Å². The Morgan fingerprint density at radius 3 is 2.64 bits per heavy atom. The van der Waals surface area contributed by atoms with Gasteiger partial charge in [0.1, 0.15) is 17.7 Å². The SMILES string of the molecule is COCC(CCCF)(c1ccc(F)cc1)[C@H](NC(=O)O)C(=O)Nc1cccc(F)c1CC[C@H]1CNC2CCCS(=O)(=O)N1C2. The highest BCUT2D eigenvalue weighted by atomic mass is 32.2. The van der Waals surface area contributed by atoms with Crippen LogP contribution in [-0.4, -0.2) is 87.2 Å². The smallest absolute Gasteiger partial charge is 0.405 e. The zero-order chi connectivity index (χ0) is 31.9. The second-order valence-corrected chi connectivity index (χ2v) is 13.4. The normalized spacial score (nSPS) is 23.1. The molecular formula is C30H39F3N4O6S. The lowest BCUT2D eigenvalue weighted by Gasteiger charge is -2.40. The van der Waals surface area contributed by atoms with E-state index in [4.69, 9.17) is 4.74 Å². The molecule has 2 fully saturated rings. The van der Waals surface area contributed by atoms with Crippen molar-refractivity contribution in [2.24, 2.45) is 0 Å². The number of amides is 2. The summed E-state index contributed by atoms with van der Waals surface area (Å²) in [6.45, 7) is -0.213. The Balaban J connectivity index is 1.64. The number of carbonyl (C=O) groups is 2. The van der Waals surface area contributed by atoms with Gasteiger partial charge in [0.15, 0.2) is 0 Å². The van der Waals surface area contributed by atoms with Crippen molar-refractivity contribution in [1.29, 1.82) is 0 Å². The van der Waals surface area contributed by atoms with Crippen LogP contribution in [0.2, 0.25) is 0 Å². The molecule has 2 aliphatic rings. The summed E-state index contributed by atoms with van der Waals surface area (Å²) in [4.78, 5) is 25.9. The number of sulfonamides is 1. The fraction of sp³-hybridized carbons (Fsp3) is 0.533. The Kier molecular flexibility index (Phi) is 11.3. The van der Waals surface area contributed by atoms with E-state index in [1.807, 2.05) is 0 Å². The summed E-state index contributed by atoms with van der Waals surface area (Å²) >= 11 is 0. The van der Waals surface area contributed by atoms with Gasteiger partial charge in [0.25, 0.3) is 0 Å². The summed E-state index contributed by atoms with van der Waals surface area (Å²) in [5.41, 5.74) is -0.879. The first kappa shape index (κ1) is 33.7. The number of methoxy groups -OCH3 is 1. The topological polar surface area (TPSA) is 137 Å². The molecule has 2 amide bonds. The Morgan fingerprint density at radius 1 is 1.20 bits per heavy atom. The number of carboxylic acid groups (broad SMARTS) is 1. The quantitative estimate of drug-likeness (QED) is 0.263. The van der Waals surface area contributed by atoms with Crippen LogP contribution in [0.4, 0.5) is 23.7 Å². The van der Waals surface area contributed by atoms with Crippen molar-refractivity contribution in [2.75, 3.05) is 44.6 Å². The van der Waals surface area contributed by atoms with Crippen LogP contribution in [0.1, 0.15) is 43.2 Å². The molecule has 44 heavy (non-hydrogen) atoms. The van der Waals surface area contributed by atoms with E-state index in [2.05, 4.69) is 16.0 Å². The van der Waals surface area contributed by atoms with E-state index in [-0.39, 0.29) is 55.3 Å². The highest BCUT2D eigenvalue weighted by Crippen LogP contribution is 2.36. The van der Waals surface area contributed by atoms with E-state index in [1.165, 1.54) is 41.7 Å². The van der Waals surface area contributed by atoms with Gasteiger partial charge in [-0.2, -0.15) is 4.31 Å². The number of carbonyl (C=O) groups excluding carboxylic acids is 1. The third-order valence-corrected chi connectivity index (χ3v) is 10.5. The number of hydrogen-bond donors (Lipinski definition) is 4. The Labute approximate surface area is 255 Å². The Hall–Kier alpha value is -3.20. The molecule has 4 N–H and O–H groups in total. The number of piperazine rings is 1. The van der Waals surface area contributed by atoms with Crippen molar-refractivity contribution in [3.8, 4) is 0 Å². The third-order valence-electron chi connectivity index (χ3n) is 8.53. The van der Waals surface area contributed by atoms with Gasteiger partial charge < -0.3 is 25.8 Å². The molecule has 0 aromatic heterocycles. The molecule has 0 spiro atoms. The lowest BCUT2D eigenvalue weighted by molar-refractivity contribution is -0.120. The maximum absolute atomic E-state index is 15.3. The number of hydrogen-bond acceptors (Lipinski definition) is 6. The Bertz CT molecular complexity index is 1410. The highest BCUT2D eigenvalue weighted by molar-refractivity contribution is 7.89. The number of alkyl halides is 1. The number of anilines is 1. The lowest BCUT2D eigenvalue weighted by Crippen LogP contribution is -2.58. The zero-order valence-corrected chi connectivity index (χ0v) is 25.3. The molecule has 10 nitrogen and oxygen atoms in total. The number of halogens is 3. The summed E-state index contributed by atoms with van der Waals surface area (Å²) in [6, 6.07) is 7.30. The monoisotopic (exact) mass is 640 g/mol. The van der Waals surface area contributed by atoms with E-state index in [0.717, 1.165) is 18.6 Å². The third kappa shape index (κ3) is 7.71. The van der Waals surface area contributed by atoms with Crippen LogP contribution >= 0.6 is 0 Å². The van der Waals surface area contributed by atoms with Crippen molar-refractivity contribution in [1.82, 2.24) is 14.9 Å². The minimum Gasteiger partial charge on any atom is -0.465 e. The van der Waals surface area contributed by atoms with Crippen molar-refractivity contribution in [3.05, 3.63) is 65.2 Å². The fourth-order valence-electron chi connectivity index (χ4n) is 6.38. The summed E-state index contributed by atoms with van der Waals surface area (Å²) in [5.74, 6) is -1.97. The van der Waals surface area contributed by atoms with Crippen LogP contribution < -0.4 is 16.0 Å². The van der Waals surface area contributed by atoms with Crippen LogP contribution in [0.5, 0.6) is 0 Å². The van der Waals surface area contributed by atoms with Crippen molar-refractivity contribution in [2.45, 2.75) is 62.1 Å². The van der Waals surface area contributed by atoms with Crippen LogP contribution in [0.25, 0.3) is 0 Å². The predicted molar refractivity (Wildman–Crippen MR) is 159 cm³/mol. The van der Waals surface area contributed by atoms with E-state index in [1.54, 1.807) is 0 Å². The van der Waals surface area contributed by atoms with E-state index < -0.39 is 57.8 Å². The van der Waals surface area contributed by atoms with E-state index in [0.29, 0.717) is 25.1 Å². The van der Waals surface area contributed by atoms with Gasteiger partial charge in [0.05, 0.1) is 19.0 Å². The number of rotatable bonds is 13. The molecule has 2 aromatic rings. The number of ether oxygens (including phenoxy) is 1. The van der Waals surface area contributed by atoms with Gasteiger partial charge >= 0.3 is 6.09 Å². The molecule has 2 heterocycles. The fourth-order valence-corrected chi connectivity index (χ4v) is 8.19. The molecule has 0 aliphatic carbocycles. The number of nitrogens with zero attached hydrogens (tertiary/aromatic N) is 1. The van der Waals surface area contributed by atoms with Crippen LogP contribution in [0.15, 0.2) is 42.5 Å². The minimum atomic E-state index is -3.46. The average Bonchev–Trinajstić information content (AvgIpc) is 3.10. The molecule has 3 unspecified atom stereocenters. The van der Waals surface area contributed by atoms with Gasteiger partial charge in [-0.25, -0.2) is 22.0 Å². The molecule has 2 aliphatic heterocycles. The van der Waals surface area contributed by atoms with Crippen molar-refractivity contribution >= 4 is 27.7 Å². The summed E-state index contributed by atoms with van der Waals surface area (Å²) in [7, 11) is -2.11. The predicted octanol–water partition coefficient (Wildman–Crippen LogP) is 3.57. The summed E-state index contributed by atoms with van der Waals surface area (Å²) in [5, 5.41) is 18.0. The molecule has 2 bridgehead atoms. The summed E-state index contributed by atoms with van der Waals surface area (Å²) < 4.78 is 75.3. The molecule has 0 radical (unpaired) electrons. The van der Waals surface area contributed by atoms with E-state index in [9.17, 15) is 31.9 Å². The largest absolute Gasteiger partial charge is 0.465 e.